The van der Waals surface area contributed by atoms with Gasteiger partial charge in [0.25, 0.3) is 5.91 Å². The van der Waals surface area contributed by atoms with Crippen molar-refractivity contribution in [2.24, 2.45) is 0 Å². The summed E-state index contributed by atoms with van der Waals surface area (Å²) in [5, 5.41) is 13.7. The Morgan fingerprint density at radius 2 is 1.89 bits per heavy atom. The van der Waals surface area contributed by atoms with Crippen molar-refractivity contribution < 1.29 is 24.1 Å². The lowest BCUT2D eigenvalue weighted by molar-refractivity contribution is -0.130. The monoisotopic (exact) mass is 403 g/mol. The highest BCUT2D eigenvalue weighted by atomic mass is 35.5. The topological polar surface area (TPSA) is 77.0 Å². The van der Waals surface area contributed by atoms with Gasteiger partial charge in [-0.05, 0) is 55.5 Å². The standard InChI is InChI=1S/C21H22ClNO5/c22-14-3-1-2-13(10-14)20(24)21(25)23-15-4-6-16(7-5-15)28-17-8-9-18-19(11-17)27-12-26-18/h1-3,8-11,15-16,20,24H,4-7,12H2,(H,23,25). The van der Waals surface area contributed by atoms with E-state index in [1.807, 2.05) is 18.2 Å². The van der Waals surface area contributed by atoms with Crippen molar-refractivity contribution in [3.8, 4) is 17.2 Å². The second-order valence-corrected chi connectivity index (χ2v) is 7.51. The number of ether oxygens (including phenoxy) is 3. The number of halogens is 1. The summed E-state index contributed by atoms with van der Waals surface area (Å²) in [7, 11) is 0. The first-order valence-electron chi connectivity index (χ1n) is 9.39. The SMILES string of the molecule is O=C(NC1CCC(Oc2ccc3c(c2)OCO3)CC1)C(O)c1cccc(Cl)c1. The molecule has 1 amide bonds. The van der Waals surface area contributed by atoms with E-state index in [0.717, 1.165) is 37.2 Å². The Balaban J connectivity index is 1.26. The van der Waals surface area contributed by atoms with E-state index in [9.17, 15) is 9.90 Å². The van der Waals surface area contributed by atoms with Crippen LogP contribution in [0.25, 0.3) is 0 Å². The minimum absolute atomic E-state index is 0.0259. The molecule has 1 aliphatic heterocycles. The zero-order valence-electron chi connectivity index (χ0n) is 15.3. The third kappa shape index (κ3) is 4.34. The highest BCUT2D eigenvalue weighted by Crippen LogP contribution is 2.36. The smallest absolute Gasteiger partial charge is 0.253 e. The van der Waals surface area contributed by atoms with Crippen LogP contribution in [0.3, 0.4) is 0 Å². The van der Waals surface area contributed by atoms with Crippen LogP contribution < -0.4 is 19.5 Å². The average molecular weight is 404 g/mol. The van der Waals surface area contributed by atoms with Crippen LogP contribution >= 0.6 is 11.6 Å². The Labute approximate surface area is 168 Å². The zero-order chi connectivity index (χ0) is 19.5. The molecule has 1 aliphatic carbocycles. The van der Waals surface area contributed by atoms with Gasteiger partial charge in [-0.1, -0.05) is 23.7 Å². The summed E-state index contributed by atoms with van der Waals surface area (Å²) >= 11 is 5.93. The largest absolute Gasteiger partial charge is 0.490 e. The fourth-order valence-corrected chi connectivity index (χ4v) is 3.77. The molecule has 0 spiro atoms. The van der Waals surface area contributed by atoms with E-state index in [1.165, 1.54) is 0 Å². The van der Waals surface area contributed by atoms with Crippen molar-refractivity contribution in [1.82, 2.24) is 5.32 Å². The summed E-state index contributed by atoms with van der Waals surface area (Å²) in [4.78, 5) is 12.3. The Kier molecular flexibility index (Phi) is 5.59. The van der Waals surface area contributed by atoms with E-state index in [1.54, 1.807) is 24.3 Å². The van der Waals surface area contributed by atoms with Gasteiger partial charge in [-0.3, -0.25) is 4.79 Å². The molecule has 0 radical (unpaired) electrons. The number of fused-ring (bicyclic) bond motifs is 1. The summed E-state index contributed by atoms with van der Waals surface area (Å²) in [5.74, 6) is 1.79. The number of carbonyl (C=O) groups is 1. The van der Waals surface area contributed by atoms with E-state index >= 15 is 0 Å². The van der Waals surface area contributed by atoms with E-state index in [-0.39, 0.29) is 18.9 Å². The third-order valence-electron chi connectivity index (χ3n) is 5.08. The third-order valence-corrected chi connectivity index (χ3v) is 5.32. The number of hydrogen-bond acceptors (Lipinski definition) is 5. The first kappa shape index (κ1) is 18.9. The Hall–Kier alpha value is -2.44. The molecule has 1 atom stereocenters. The van der Waals surface area contributed by atoms with E-state index in [2.05, 4.69) is 5.32 Å². The maximum Gasteiger partial charge on any atom is 0.253 e. The van der Waals surface area contributed by atoms with Crippen molar-refractivity contribution in [2.45, 2.75) is 43.9 Å². The molecule has 148 valence electrons. The zero-order valence-corrected chi connectivity index (χ0v) is 16.0. The van der Waals surface area contributed by atoms with E-state index < -0.39 is 12.0 Å². The Bertz CT molecular complexity index is 850. The minimum Gasteiger partial charge on any atom is -0.490 e. The van der Waals surface area contributed by atoms with Gasteiger partial charge in [0, 0.05) is 17.1 Å². The molecule has 0 aromatic heterocycles. The van der Waals surface area contributed by atoms with Crippen LogP contribution in [-0.4, -0.2) is 30.0 Å². The highest BCUT2D eigenvalue weighted by molar-refractivity contribution is 6.30. The van der Waals surface area contributed by atoms with Gasteiger partial charge < -0.3 is 24.6 Å². The number of benzene rings is 2. The lowest BCUT2D eigenvalue weighted by Gasteiger charge is -2.30. The highest BCUT2D eigenvalue weighted by Gasteiger charge is 2.27. The Morgan fingerprint density at radius 1 is 1.11 bits per heavy atom. The van der Waals surface area contributed by atoms with Gasteiger partial charge in [0.05, 0.1) is 6.10 Å². The van der Waals surface area contributed by atoms with Gasteiger partial charge in [-0.25, -0.2) is 0 Å². The number of carbonyl (C=O) groups excluding carboxylic acids is 1. The van der Waals surface area contributed by atoms with Crippen molar-refractivity contribution in [3.05, 3.63) is 53.1 Å². The summed E-state index contributed by atoms with van der Waals surface area (Å²) < 4.78 is 16.7. The van der Waals surface area contributed by atoms with Gasteiger partial charge in [-0.2, -0.15) is 0 Å². The van der Waals surface area contributed by atoms with E-state index in [0.29, 0.717) is 16.3 Å². The number of aliphatic hydroxyl groups is 1. The van der Waals surface area contributed by atoms with Gasteiger partial charge in [0.15, 0.2) is 17.6 Å². The first-order valence-corrected chi connectivity index (χ1v) is 9.76. The van der Waals surface area contributed by atoms with Crippen LogP contribution in [-0.2, 0) is 4.79 Å². The van der Waals surface area contributed by atoms with Gasteiger partial charge in [0.1, 0.15) is 5.75 Å². The molecule has 0 bridgehead atoms. The van der Waals surface area contributed by atoms with Crippen LogP contribution in [0.15, 0.2) is 42.5 Å². The minimum atomic E-state index is -1.22. The van der Waals surface area contributed by atoms with Gasteiger partial charge >= 0.3 is 0 Å². The number of hydrogen-bond donors (Lipinski definition) is 2. The molecule has 4 rings (SSSR count). The molecule has 2 N–H and O–H groups in total. The van der Waals surface area contributed by atoms with Crippen LogP contribution in [0, 0.1) is 0 Å². The molecule has 28 heavy (non-hydrogen) atoms. The molecular weight excluding hydrogens is 382 g/mol. The maximum atomic E-state index is 12.3. The molecule has 1 saturated carbocycles. The van der Waals surface area contributed by atoms with Crippen LogP contribution in [0.4, 0.5) is 0 Å². The van der Waals surface area contributed by atoms with Crippen LogP contribution in [0.2, 0.25) is 5.02 Å². The molecule has 6 nitrogen and oxygen atoms in total. The number of amides is 1. The van der Waals surface area contributed by atoms with Gasteiger partial charge in [-0.15, -0.1) is 0 Å². The second kappa shape index (κ2) is 8.29. The lowest BCUT2D eigenvalue weighted by Crippen LogP contribution is -2.41. The predicted molar refractivity (Wildman–Crippen MR) is 104 cm³/mol. The fourth-order valence-electron chi connectivity index (χ4n) is 3.58. The van der Waals surface area contributed by atoms with Crippen molar-refractivity contribution in [1.29, 1.82) is 0 Å². The average Bonchev–Trinajstić information content (AvgIpc) is 3.17. The lowest BCUT2D eigenvalue weighted by atomic mass is 9.92. The van der Waals surface area contributed by atoms with Crippen LogP contribution in [0.5, 0.6) is 17.2 Å². The molecule has 2 aromatic carbocycles. The molecule has 0 saturated heterocycles. The summed E-state index contributed by atoms with van der Waals surface area (Å²) in [6.07, 6.45) is 2.11. The second-order valence-electron chi connectivity index (χ2n) is 7.07. The summed E-state index contributed by atoms with van der Waals surface area (Å²) in [6.45, 7) is 0.241. The van der Waals surface area contributed by atoms with Crippen molar-refractivity contribution >= 4 is 17.5 Å². The molecule has 2 aromatic rings. The molecule has 1 unspecified atom stereocenters. The quantitative estimate of drug-likeness (QED) is 0.797. The van der Waals surface area contributed by atoms with Gasteiger partial charge in [0.2, 0.25) is 6.79 Å². The molecule has 1 heterocycles. The molecular formula is C21H22ClNO5. The maximum absolute atomic E-state index is 12.3. The van der Waals surface area contributed by atoms with Crippen LogP contribution in [0.1, 0.15) is 37.4 Å². The van der Waals surface area contributed by atoms with Crippen molar-refractivity contribution in [2.75, 3.05) is 6.79 Å². The summed E-state index contributed by atoms with van der Waals surface area (Å²) in [6, 6.07) is 12.3. The first-order chi connectivity index (χ1) is 13.6. The van der Waals surface area contributed by atoms with E-state index in [4.69, 9.17) is 25.8 Å². The molecule has 1 fully saturated rings. The normalized spacial score (nSPS) is 21.8. The number of nitrogens with one attached hydrogen (secondary N) is 1. The summed E-state index contributed by atoms with van der Waals surface area (Å²) in [5.41, 5.74) is 0.491. The van der Waals surface area contributed by atoms with Crippen molar-refractivity contribution in [3.63, 3.8) is 0 Å². The fraction of sp³-hybridized carbons (Fsp3) is 0.381. The number of rotatable bonds is 5. The molecule has 7 heteroatoms. The number of aliphatic hydroxyl groups excluding tert-OH is 1. The predicted octanol–water partition coefficient (Wildman–Crippen LogP) is 3.61. The molecule has 2 aliphatic rings. The Morgan fingerprint density at radius 3 is 2.68 bits per heavy atom.